The Balaban J connectivity index is 1.53. The van der Waals surface area contributed by atoms with Crippen LogP contribution in [0.25, 0.3) is 0 Å². The van der Waals surface area contributed by atoms with Crippen molar-refractivity contribution in [2.24, 2.45) is 11.7 Å². The van der Waals surface area contributed by atoms with E-state index < -0.39 is 0 Å². The minimum Gasteiger partial charge on any atom is -0.375 e. The second-order valence-corrected chi connectivity index (χ2v) is 7.03. The molecule has 1 spiro atoms. The molecule has 1 aliphatic heterocycles. The highest BCUT2D eigenvalue weighted by Gasteiger charge is 2.39. The van der Waals surface area contributed by atoms with Crippen LogP contribution in [0.2, 0.25) is 0 Å². The van der Waals surface area contributed by atoms with E-state index in [-0.39, 0.29) is 5.60 Å². The van der Waals surface area contributed by atoms with E-state index in [9.17, 15) is 0 Å². The Morgan fingerprint density at radius 1 is 1.14 bits per heavy atom. The van der Waals surface area contributed by atoms with Crippen LogP contribution < -0.4 is 5.73 Å². The Morgan fingerprint density at radius 2 is 1.90 bits per heavy atom. The fourth-order valence-corrected chi connectivity index (χ4v) is 4.19. The summed E-state index contributed by atoms with van der Waals surface area (Å²) in [5, 5.41) is 0. The maximum absolute atomic E-state index is 6.53. The van der Waals surface area contributed by atoms with Crippen LogP contribution in [0.1, 0.15) is 56.9 Å². The summed E-state index contributed by atoms with van der Waals surface area (Å²) >= 11 is 0. The van der Waals surface area contributed by atoms with E-state index in [0.717, 1.165) is 25.9 Å². The lowest BCUT2D eigenvalue weighted by Gasteiger charge is -2.45. The third-order valence-electron chi connectivity index (χ3n) is 5.51. The van der Waals surface area contributed by atoms with Crippen molar-refractivity contribution in [3.63, 3.8) is 0 Å². The van der Waals surface area contributed by atoms with Crippen LogP contribution in [0.5, 0.6) is 0 Å². The predicted octanol–water partition coefficient (Wildman–Crippen LogP) is 4.08. The number of rotatable bonds is 4. The molecule has 3 rings (SSSR count). The molecule has 1 aromatic carbocycles. The third kappa shape index (κ3) is 3.87. The van der Waals surface area contributed by atoms with E-state index >= 15 is 0 Å². The molecule has 2 unspecified atom stereocenters. The molecule has 1 aliphatic carbocycles. The molecule has 2 heteroatoms. The third-order valence-corrected chi connectivity index (χ3v) is 5.51. The van der Waals surface area contributed by atoms with Crippen molar-refractivity contribution in [2.75, 3.05) is 6.61 Å². The largest absolute Gasteiger partial charge is 0.375 e. The Hall–Kier alpha value is -0.860. The molecule has 0 bridgehead atoms. The van der Waals surface area contributed by atoms with Crippen molar-refractivity contribution in [1.29, 1.82) is 0 Å². The van der Waals surface area contributed by atoms with Crippen LogP contribution in [0.3, 0.4) is 0 Å². The van der Waals surface area contributed by atoms with E-state index in [2.05, 4.69) is 30.3 Å². The topological polar surface area (TPSA) is 35.2 Å². The van der Waals surface area contributed by atoms with Gasteiger partial charge in [0.1, 0.15) is 0 Å². The van der Waals surface area contributed by atoms with Gasteiger partial charge in [-0.15, -0.1) is 0 Å². The highest BCUT2D eigenvalue weighted by Crippen LogP contribution is 2.41. The van der Waals surface area contributed by atoms with Gasteiger partial charge in [-0.3, -0.25) is 0 Å². The fourth-order valence-electron chi connectivity index (χ4n) is 4.19. The molecule has 21 heavy (non-hydrogen) atoms. The van der Waals surface area contributed by atoms with Gasteiger partial charge in [0.25, 0.3) is 0 Å². The zero-order valence-electron chi connectivity index (χ0n) is 13.1. The minimum atomic E-state index is 0.186. The molecule has 1 saturated carbocycles. The van der Waals surface area contributed by atoms with Crippen molar-refractivity contribution in [1.82, 2.24) is 0 Å². The van der Waals surface area contributed by atoms with Gasteiger partial charge in [0.2, 0.25) is 0 Å². The molecular formula is C19H29NO. The van der Waals surface area contributed by atoms with E-state index in [1.54, 1.807) is 0 Å². The van der Waals surface area contributed by atoms with Crippen LogP contribution >= 0.6 is 0 Å². The maximum Gasteiger partial charge on any atom is 0.0685 e. The number of benzene rings is 1. The van der Waals surface area contributed by atoms with Gasteiger partial charge in [-0.1, -0.05) is 49.6 Å². The van der Waals surface area contributed by atoms with Gasteiger partial charge in [0.15, 0.2) is 0 Å². The smallest absolute Gasteiger partial charge is 0.0685 e. The normalized spacial score (nSPS) is 26.6. The number of hydrogen-bond acceptors (Lipinski definition) is 2. The second-order valence-electron chi connectivity index (χ2n) is 7.03. The summed E-state index contributed by atoms with van der Waals surface area (Å²) in [5.41, 5.74) is 8.13. The maximum atomic E-state index is 6.53. The molecule has 2 fully saturated rings. The first kappa shape index (κ1) is 15.1. The number of ether oxygens (including phenoxy) is 1. The van der Waals surface area contributed by atoms with Crippen LogP contribution in [0.15, 0.2) is 30.3 Å². The zero-order valence-corrected chi connectivity index (χ0v) is 13.1. The summed E-state index contributed by atoms with van der Waals surface area (Å²) in [4.78, 5) is 0. The van der Waals surface area contributed by atoms with Crippen LogP contribution in [-0.2, 0) is 11.2 Å². The number of nitrogens with two attached hydrogens (primary N) is 1. The highest BCUT2D eigenvalue weighted by atomic mass is 16.5. The molecule has 0 radical (unpaired) electrons. The van der Waals surface area contributed by atoms with E-state index in [1.165, 1.54) is 44.1 Å². The first-order valence-corrected chi connectivity index (χ1v) is 8.71. The summed E-state index contributed by atoms with van der Waals surface area (Å²) in [5.74, 6) is 0.653. The molecule has 0 amide bonds. The summed E-state index contributed by atoms with van der Waals surface area (Å²) < 4.78 is 6.19. The van der Waals surface area contributed by atoms with Crippen LogP contribution in [0, 0.1) is 5.92 Å². The van der Waals surface area contributed by atoms with Crippen LogP contribution in [0.4, 0.5) is 0 Å². The molecule has 1 heterocycles. The predicted molar refractivity (Wildman–Crippen MR) is 87.2 cm³/mol. The lowest BCUT2D eigenvalue weighted by atomic mass is 9.73. The van der Waals surface area contributed by atoms with E-state index in [1.807, 2.05) is 0 Å². The molecule has 2 N–H and O–H groups in total. The number of aryl methyl sites for hydroxylation is 1. The number of hydrogen-bond donors (Lipinski definition) is 1. The average molecular weight is 287 g/mol. The van der Waals surface area contributed by atoms with Gasteiger partial charge < -0.3 is 10.5 Å². The molecule has 1 aromatic rings. The Kier molecular flexibility index (Phi) is 4.97. The Bertz CT molecular complexity index is 419. The van der Waals surface area contributed by atoms with Gasteiger partial charge in [0, 0.05) is 12.6 Å². The molecule has 1 saturated heterocycles. The molecule has 2 nitrogen and oxygen atoms in total. The first-order valence-electron chi connectivity index (χ1n) is 8.71. The van der Waals surface area contributed by atoms with Crippen molar-refractivity contribution in [2.45, 2.75) is 69.4 Å². The molecule has 0 aromatic heterocycles. The molecule has 116 valence electrons. The fraction of sp³-hybridized carbons (Fsp3) is 0.684. The highest BCUT2D eigenvalue weighted by molar-refractivity contribution is 5.14. The summed E-state index contributed by atoms with van der Waals surface area (Å²) in [7, 11) is 0. The minimum absolute atomic E-state index is 0.186. The Morgan fingerprint density at radius 3 is 2.67 bits per heavy atom. The quantitative estimate of drug-likeness (QED) is 0.905. The van der Waals surface area contributed by atoms with Gasteiger partial charge in [-0.05, 0) is 50.0 Å². The van der Waals surface area contributed by atoms with Crippen molar-refractivity contribution < 1.29 is 4.74 Å². The standard InChI is InChI=1S/C19H29NO/c20-18(10-9-16-7-3-1-4-8-16)17-11-14-21-19(15-17)12-5-2-6-13-19/h1,3-4,7-8,17-18H,2,5-6,9-15,20H2. The zero-order chi connectivity index (χ0) is 14.5. The van der Waals surface area contributed by atoms with Crippen molar-refractivity contribution in [3.05, 3.63) is 35.9 Å². The van der Waals surface area contributed by atoms with E-state index in [0.29, 0.717) is 12.0 Å². The molecule has 2 atom stereocenters. The van der Waals surface area contributed by atoms with Gasteiger partial charge in [-0.25, -0.2) is 0 Å². The lowest BCUT2D eigenvalue weighted by Crippen LogP contribution is -2.46. The monoisotopic (exact) mass is 287 g/mol. The summed E-state index contributed by atoms with van der Waals surface area (Å²) in [6.45, 7) is 0.920. The van der Waals surface area contributed by atoms with Crippen molar-refractivity contribution in [3.8, 4) is 0 Å². The average Bonchev–Trinajstić information content (AvgIpc) is 2.54. The summed E-state index contributed by atoms with van der Waals surface area (Å²) in [6, 6.07) is 11.1. The van der Waals surface area contributed by atoms with E-state index in [4.69, 9.17) is 10.5 Å². The van der Waals surface area contributed by atoms with Gasteiger partial charge >= 0.3 is 0 Å². The molecular weight excluding hydrogens is 258 g/mol. The summed E-state index contributed by atoms with van der Waals surface area (Å²) in [6.07, 6.45) is 11.1. The van der Waals surface area contributed by atoms with Crippen LogP contribution in [-0.4, -0.2) is 18.2 Å². The van der Waals surface area contributed by atoms with Crippen molar-refractivity contribution >= 4 is 0 Å². The Labute approximate surface area is 129 Å². The lowest BCUT2D eigenvalue weighted by molar-refractivity contribution is -0.120. The second kappa shape index (κ2) is 6.93. The first-order chi connectivity index (χ1) is 10.3. The molecule has 2 aliphatic rings. The van der Waals surface area contributed by atoms with Gasteiger partial charge in [0.05, 0.1) is 5.60 Å². The van der Waals surface area contributed by atoms with Gasteiger partial charge in [-0.2, -0.15) is 0 Å². The SMILES string of the molecule is NC(CCc1ccccc1)C1CCOC2(CCCCC2)C1.